The van der Waals surface area contributed by atoms with Crippen molar-refractivity contribution in [1.29, 1.82) is 0 Å². The van der Waals surface area contributed by atoms with Crippen LogP contribution < -0.4 is 10.2 Å². The third-order valence-corrected chi connectivity index (χ3v) is 4.54. The highest BCUT2D eigenvalue weighted by Gasteiger charge is 2.18. The Morgan fingerprint density at radius 2 is 1.64 bits per heavy atom. The van der Waals surface area contributed by atoms with E-state index < -0.39 is 0 Å². The highest BCUT2D eigenvalue weighted by molar-refractivity contribution is 5.94. The van der Waals surface area contributed by atoms with Gasteiger partial charge in [-0.15, -0.1) is 0 Å². The van der Waals surface area contributed by atoms with Gasteiger partial charge in [-0.1, -0.05) is 30.3 Å². The zero-order valence-corrected chi connectivity index (χ0v) is 14.3. The third kappa shape index (κ3) is 4.79. The van der Waals surface area contributed by atoms with Crippen LogP contribution in [0.25, 0.3) is 0 Å². The maximum absolute atomic E-state index is 13.8. The Hall–Kier alpha value is -2.40. The van der Waals surface area contributed by atoms with E-state index in [0.29, 0.717) is 17.8 Å². The van der Waals surface area contributed by atoms with Gasteiger partial charge >= 0.3 is 0 Å². The van der Waals surface area contributed by atoms with Gasteiger partial charge in [-0.3, -0.25) is 9.69 Å². The van der Waals surface area contributed by atoms with E-state index in [-0.39, 0.29) is 11.7 Å². The number of amides is 1. The highest BCUT2D eigenvalue weighted by atomic mass is 19.1. The SMILES string of the molecule is O=C(NCCCN1CCN(c2ccccc2F)CC1)c1ccccc1. The minimum Gasteiger partial charge on any atom is -0.367 e. The van der Waals surface area contributed by atoms with Crippen LogP contribution in [0.1, 0.15) is 16.8 Å². The van der Waals surface area contributed by atoms with Crippen LogP contribution in [0.5, 0.6) is 0 Å². The quantitative estimate of drug-likeness (QED) is 0.821. The summed E-state index contributed by atoms with van der Waals surface area (Å²) in [5.41, 5.74) is 1.39. The van der Waals surface area contributed by atoms with Crippen molar-refractivity contribution in [3.05, 3.63) is 66.0 Å². The van der Waals surface area contributed by atoms with Crippen molar-refractivity contribution < 1.29 is 9.18 Å². The Morgan fingerprint density at radius 3 is 2.36 bits per heavy atom. The molecule has 2 aromatic rings. The van der Waals surface area contributed by atoms with Crippen LogP contribution >= 0.6 is 0 Å². The van der Waals surface area contributed by atoms with Crippen molar-refractivity contribution in [2.24, 2.45) is 0 Å². The molecule has 0 spiro atoms. The van der Waals surface area contributed by atoms with E-state index in [4.69, 9.17) is 0 Å². The van der Waals surface area contributed by atoms with Crippen LogP contribution in [0, 0.1) is 5.82 Å². The Morgan fingerprint density at radius 1 is 0.960 bits per heavy atom. The number of rotatable bonds is 6. The molecule has 1 aliphatic rings. The molecule has 0 bridgehead atoms. The molecule has 0 radical (unpaired) electrons. The van der Waals surface area contributed by atoms with Gasteiger partial charge in [0.15, 0.2) is 0 Å². The molecule has 0 atom stereocenters. The lowest BCUT2D eigenvalue weighted by Gasteiger charge is -2.36. The summed E-state index contributed by atoms with van der Waals surface area (Å²) >= 11 is 0. The molecule has 1 aliphatic heterocycles. The molecule has 3 rings (SSSR count). The van der Waals surface area contributed by atoms with Crippen molar-refractivity contribution in [3.8, 4) is 0 Å². The average molecular weight is 341 g/mol. The molecular weight excluding hydrogens is 317 g/mol. The monoisotopic (exact) mass is 341 g/mol. The number of hydrogen-bond donors (Lipinski definition) is 1. The second-order valence-electron chi connectivity index (χ2n) is 6.26. The van der Waals surface area contributed by atoms with E-state index >= 15 is 0 Å². The lowest BCUT2D eigenvalue weighted by molar-refractivity contribution is 0.0951. The maximum atomic E-state index is 13.8. The standard InChI is InChI=1S/C20H24FN3O/c21-18-9-4-5-10-19(18)24-15-13-23(14-16-24)12-6-11-22-20(25)17-7-2-1-3-8-17/h1-5,7-10H,6,11-16H2,(H,22,25). The summed E-state index contributed by atoms with van der Waals surface area (Å²) in [6.45, 7) is 5.11. The molecule has 0 unspecified atom stereocenters. The second-order valence-corrected chi connectivity index (χ2v) is 6.26. The number of piperazine rings is 1. The van der Waals surface area contributed by atoms with Crippen molar-refractivity contribution in [3.63, 3.8) is 0 Å². The molecular formula is C20H24FN3O. The topological polar surface area (TPSA) is 35.6 Å². The predicted octanol–water partition coefficient (Wildman–Crippen LogP) is 2.77. The molecule has 1 N–H and O–H groups in total. The van der Waals surface area contributed by atoms with Gasteiger partial charge in [0.1, 0.15) is 5.82 Å². The minimum atomic E-state index is -0.153. The second kappa shape index (κ2) is 8.62. The summed E-state index contributed by atoms with van der Waals surface area (Å²) in [7, 11) is 0. The molecule has 1 amide bonds. The van der Waals surface area contributed by atoms with Gasteiger partial charge in [0.2, 0.25) is 0 Å². The lowest BCUT2D eigenvalue weighted by Crippen LogP contribution is -2.47. The Kier molecular flexibility index (Phi) is 6.01. The van der Waals surface area contributed by atoms with E-state index in [1.165, 1.54) is 6.07 Å². The normalized spacial score (nSPS) is 15.2. The molecule has 2 aromatic carbocycles. The van der Waals surface area contributed by atoms with Gasteiger partial charge in [-0.2, -0.15) is 0 Å². The fraction of sp³-hybridized carbons (Fsp3) is 0.350. The first-order chi connectivity index (χ1) is 12.2. The first kappa shape index (κ1) is 17.4. The molecule has 0 aliphatic carbocycles. The van der Waals surface area contributed by atoms with E-state index in [1.807, 2.05) is 42.5 Å². The molecule has 1 fully saturated rings. The molecule has 5 heteroatoms. The van der Waals surface area contributed by atoms with Crippen molar-refractivity contribution >= 4 is 11.6 Å². The average Bonchev–Trinajstić information content (AvgIpc) is 2.67. The summed E-state index contributed by atoms with van der Waals surface area (Å²) in [6, 6.07) is 16.2. The van der Waals surface area contributed by atoms with Gasteiger partial charge in [-0.25, -0.2) is 4.39 Å². The number of halogens is 1. The predicted molar refractivity (Wildman–Crippen MR) is 98.4 cm³/mol. The number of carbonyl (C=O) groups is 1. The number of para-hydroxylation sites is 1. The van der Waals surface area contributed by atoms with Gasteiger partial charge in [0.25, 0.3) is 5.91 Å². The molecule has 25 heavy (non-hydrogen) atoms. The van der Waals surface area contributed by atoms with Crippen LogP contribution in [0.4, 0.5) is 10.1 Å². The van der Waals surface area contributed by atoms with Crippen molar-refractivity contribution in [2.45, 2.75) is 6.42 Å². The number of nitrogens with one attached hydrogen (secondary N) is 1. The molecule has 132 valence electrons. The van der Waals surface area contributed by atoms with Crippen LogP contribution in [0.3, 0.4) is 0 Å². The highest BCUT2D eigenvalue weighted by Crippen LogP contribution is 2.20. The first-order valence-corrected chi connectivity index (χ1v) is 8.79. The zero-order valence-electron chi connectivity index (χ0n) is 14.3. The van der Waals surface area contributed by atoms with E-state index in [1.54, 1.807) is 6.07 Å². The van der Waals surface area contributed by atoms with Gasteiger partial charge in [-0.05, 0) is 37.2 Å². The van der Waals surface area contributed by atoms with E-state index in [0.717, 1.165) is 39.1 Å². The number of nitrogens with zero attached hydrogens (tertiary/aromatic N) is 2. The number of anilines is 1. The molecule has 0 saturated carbocycles. The Balaban J connectivity index is 1.36. The minimum absolute atomic E-state index is 0.0232. The molecule has 1 heterocycles. The first-order valence-electron chi connectivity index (χ1n) is 8.79. The summed E-state index contributed by atoms with van der Waals surface area (Å²) < 4.78 is 13.8. The van der Waals surface area contributed by atoms with Crippen LogP contribution in [0.2, 0.25) is 0 Å². The van der Waals surface area contributed by atoms with Gasteiger partial charge in [0.05, 0.1) is 5.69 Å². The Bertz CT molecular complexity index is 684. The lowest BCUT2D eigenvalue weighted by atomic mass is 10.2. The fourth-order valence-corrected chi connectivity index (χ4v) is 3.12. The van der Waals surface area contributed by atoms with E-state index in [2.05, 4.69) is 15.1 Å². The van der Waals surface area contributed by atoms with Gasteiger partial charge in [0, 0.05) is 38.3 Å². The van der Waals surface area contributed by atoms with E-state index in [9.17, 15) is 9.18 Å². The zero-order chi connectivity index (χ0) is 17.5. The van der Waals surface area contributed by atoms with Crippen molar-refractivity contribution in [1.82, 2.24) is 10.2 Å². The van der Waals surface area contributed by atoms with Crippen LogP contribution in [0.15, 0.2) is 54.6 Å². The van der Waals surface area contributed by atoms with Crippen LogP contribution in [-0.2, 0) is 0 Å². The smallest absolute Gasteiger partial charge is 0.251 e. The number of carbonyl (C=O) groups excluding carboxylic acids is 1. The van der Waals surface area contributed by atoms with Crippen molar-refractivity contribution in [2.75, 3.05) is 44.2 Å². The number of hydrogen-bond acceptors (Lipinski definition) is 3. The molecule has 1 saturated heterocycles. The summed E-state index contributed by atoms with van der Waals surface area (Å²) in [6.07, 6.45) is 0.915. The Labute approximate surface area is 148 Å². The van der Waals surface area contributed by atoms with Gasteiger partial charge < -0.3 is 10.2 Å². The molecule has 4 nitrogen and oxygen atoms in total. The third-order valence-electron chi connectivity index (χ3n) is 4.54. The summed E-state index contributed by atoms with van der Waals surface area (Å²) in [4.78, 5) is 16.4. The maximum Gasteiger partial charge on any atom is 0.251 e. The fourth-order valence-electron chi connectivity index (χ4n) is 3.12. The summed E-state index contributed by atoms with van der Waals surface area (Å²) in [5, 5.41) is 2.96. The largest absolute Gasteiger partial charge is 0.367 e. The number of benzene rings is 2. The summed E-state index contributed by atoms with van der Waals surface area (Å²) in [5.74, 6) is -0.176. The van der Waals surface area contributed by atoms with Crippen LogP contribution in [-0.4, -0.2) is 50.1 Å². The molecule has 0 aromatic heterocycles.